The van der Waals surface area contributed by atoms with Crippen molar-refractivity contribution in [1.82, 2.24) is 5.32 Å². The van der Waals surface area contributed by atoms with Gasteiger partial charge in [0, 0.05) is 33.9 Å². The Morgan fingerprint density at radius 3 is 2.00 bits per heavy atom. The predicted octanol–water partition coefficient (Wildman–Crippen LogP) is 0.892. The van der Waals surface area contributed by atoms with Crippen molar-refractivity contribution < 1.29 is 13.3 Å². The van der Waals surface area contributed by atoms with Gasteiger partial charge in [-0.1, -0.05) is 13.3 Å². The molecular weight excluding hydrogens is 212 g/mol. The Hall–Kier alpha value is -0.433. The summed E-state index contributed by atoms with van der Waals surface area (Å²) in [5, 5.41) is 2.93. The van der Waals surface area contributed by atoms with Crippen molar-refractivity contribution in [1.29, 1.82) is 0 Å². The molecule has 5 nitrogen and oxygen atoms in total. The molecule has 0 aliphatic carbocycles. The number of aliphatic imine (C=N–C) groups is 1. The zero-order valence-corrected chi connectivity index (χ0v) is 11.1. The van der Waals surface area contributed by atoms with Crippen LogP contribution >= 0.6 is 0 Å². The predicted molar refractivity (Wildman–Crippen MR) is 63.2 cm³/mol. The van der Waals surface area contributed by atoms with E-state index in [0.717, 1.165) is 25.6 Å². The molecule has 0 fully saturated rings. The SMILES string of the molecule is C1=NCCN1.CCC[Si](OC)(OC)OC. The van der Waals surface area contributed by atoms with Crippen LogP contribution in [0.1, 0.15) is 13.3 Å². The van der Waals surface area contributed by atoms with Gasteiger partial charge in [0.05, 0.1) is 12.9 Å². The van der Waals surface area contributed by atoms with E-state index in [2.05, 4.69) is 17.2 Å². The largest absolute Gasteiger partial charge is 0.500 e. The third-order valence-corrected chi connectivity index (χ3v) is 5.04. The zero-order chi connectivity index (χ0) is 11.6. The van der Waals surface area contributed by atoms with Gasteiger partial charge in [-0.25, -0.2) is 0 Å². The Morgan fingerprint density at radius 1 is 1.27 bits per heavy atom. The molecule has 1 aliphatic heterocycles. The fraction of sp³-hybridized carbons (Fsp3) is 0.889. The van der Waals surface area contributed by atoms with Crippen LogP contribution in [0.4, 0.5) is 0 Å². The van der Waals surface area contributed by atoms with E-state index in [4.69, 9.17) is 13.3 Å². The summed E-state index contributed by atoms with van der Waals surface area (Å²) in [5.74, 6) is 0. The van der Waals surface area contributed by atoms with Crippen molar-refractivity contribution in [2.75, 3.05) is 34.4 Å². The number of nitrogens with one attached hydrogen (secondary N) is 1. The van der Waals surface area contributed by atoms with Crippen LogP contribution in [0.3, 0.4) is 0 Å². The highest BCUT2D eigenvalue weighted by atomic mass is 28.4. The first-order valence-electron chi connectivity index (χ1n) is 5.11. The van der Waals surface area contributed by atoms with Gasteiger partial charge in [-0.05, 0) is 0 Å². The lowest BCUT2D eigenvalue weighted by atomic mass is 10.6. The summed E-state index contributed by atoms with van der Waals surface area (Å²) < 4.78 is 15.5. The van der Waals surface area contributed by atoms with Crippen LogP contribution in [0.5, 0.6) is 0 Å². The first-order chi connectivity index (χ1) is 7.24. The molecule has 1 rings (SSSR count). The molecule has 0 aromatic rings. The second-order valence-corrected chi connectivity index (χ2v) is 6.13. The third-order valence-electron chi connectivity index (χ3n) is 2.06. The molecule has 0 bridgehead atoms. The highest BCUT2D eigenvalue weighted by Gasteiger charge is 2.36. The minimum atomic E-state index is -2.22. The minimum Gasteiger partial charge on any atom is -0.377 e. The molecule has 0 aromatic carbocycles. The maximum atomic E-state index is 5.17. The molecule has 1 N–H and O–H groups in total. The van der Waals surface area contributed by atoms with Crippen LogP contribution in [0.2, 0.25) is 6.04 Å². The molecule has 15 heavy (non-hydrogen) atoms. The molecule has 0 unspecified atom stereocenters. The van der Waals surface area contributed by atoms with Crippen molar-refractivity contribution in [3.05, 3.63) is 0 Å². The number of hydrogen-bond acceptors (Lipinski definition) is 5. The van der Waals surface area contributed by atoms with Gasteiger partial charge in [-0.15, -0.1) is 0 Å². The zero-order valence-electron chi connectivity index (χ0n) is 10.1. The van der Waals surface area contributed by atoms with E-state index < -0.39 is 8.80 Å². The van der Waals surface area contributed by atoms with Crippen LogP contribution < -0.4 is 5.32 Å². The Labute approximate surface area is 93.2 Å². The fourth-order valence-corrected chi connectivity index (χ4v) is 2.91. The van der Waals surface area contributed by atoms with Gasteiger partial charge in [0.15, 0.2) is 0 Å². The molecule has 0 saturated heterocycles. The molecular formula is C9H22N2O3Si. The van der Waals surface area contributed by atoms with Gasteiger partial charge >= 0.3 is 8.80 Å². The second-order valence-electron chi connectivity index (χ2n) is 3.03. The molecule has 0 aromatic heterocycles. The fourth-order valence-electron chi connectivity index (χ4n) is 1.19. The van der Waals surface area contributed by atoms with Gasteiger partial charge < -0.3 is 18.6 Å². The highest BCUT2D eigenvalue weighted by molar-refractivity contribution is 6.60. The molecule has 1 heterocycles. The van der Waals surface area contributed by atoms with Gasteiger partial charge in [-0.2, -0.15) is 0 Å². The quantitative estimate of drug-likeness (QED) is 0.718. The van der Waals surface area contributed by atoms with E-state index in [1.54, 1.807) is 27.7 Å². The Bertz CT molecular complexity index is 160. The summed E-state index contributed by atoms with van der Waals surface area (Å²) in [5.41, 5.74) is 0. The lowest BCUT2D eigenvalue weighted by Gasteiger charge is -2.23. The molecule has 0 amide bonds. The average molecular weight is 234 g/mol. The van der Waals surface area contributed by atoms with Crippen molar-refractivity contribution in [2.24, 2.45) is 4.99 Å². The summed E-state index contributed by atoms with van der Waals surface area (Å²) in [6.45, 7) is 4.07. The standard InChI is InChI=1S/C6H16O3Si.C3H6N2/c1-5-6-10(7-2,8-3)9-4;1-2-5-3-4-1/h5-6H2,1-4H3;3H,1-2H2,(H,4,5). The monoisotopic (exact) mass is 234 g/mol. The molecule has 0 spiro atoms. The smallest absolute Gasteiger partial charge is 0.377 e. The molecule has 6 heteroatoms. The van der Waals surface area contributed by atoms with Gasteiger partial charge in [-0.3, -0.25) is 4.99 Å². The van der Waals surface area contributed by atoms with E-state index in [9.17, 15) is 0 Å². The topological polar surface area (TPSA) is 52.1 Å². The molecule has 1 aliphatic rings. The molecule has 0 radical (unpaired) electrons. The maximum absolute atomic E-state index is 5.17. The van der Waals surface area contributed by atoms with Crippen molar-refractivity contribution in [3.63, 3.8) is 0 Å². The van der Waals surface area contributed by atoms with E-state index in [1.165, 1.54) is 0 Å². The average Bonchev–Trinajstić information content (AvgIpc) is 2.85. The summed E-state index contributed by atoms with van der Waals surface area (Å²) in [7, 11) is 2.68. The normalized spacial score (nSPS) is 14.4. The highest BCUT2D eigenvalue weighted by Crippen LogP contribution is 2.13. The minimum absolute atomic E-state index is 0.885. The number of hydrogen-bond donors (Lipinski definition) is 1. The first kappa shape index (κ1) is 14.6. The van der Waals surface area contributed by atoms with Crippen molar-refractivity contribution >= 4 is 15.1 Å². The van der Waals surface area contributed by atoms with E-state index >= 15 is 0 Å². The van der Waals surface area contributed by atoms with Crippen LogP contribution in [0, 0.1) is 0 Å². The number of rotatable bonds is 5. The van der Waals surface area contributed by atoms with Crippen LogP contribution in [-0.4, -0.2) is 49.6 Å². The van der Waals surface area contributed by atoms with E-state index in [0.29, 0.717) is 0 Å². The van der Waals surface area contributed by atoms with Gasteiger partial charge in [0.1, 0.15) is 0 Å². The Kier molecular flexibility index (Phi) is 8.59. The van der Waals surface area contributed by atoms with Crippen molar-refractivity contribution in [3.8, 4) is 0 Å². The maximum Gasteiger partial charge on any atom is 0.500 e. The van der Waals surface area contributed by atoms with E-state index in [-0.39, 0.29) is 0 Å². The van der Waals surface area contributed by atoms with Crippen LogP contribution in [-0.2, 0) is 13.3 Å². The Morgan fingerprint density at radius 2 is 1.87 bits per heavy atom. The Balaban J connectivity index is 0.000000322. The van der Waals surface area contributed by atoms with Crippen LogP contribution in [0.25, 0.3) is 0 Å². The molecule has 0 saturated carbocycles. The van der Waals surface area contributed by atoms with Gasteiger partial charge in [0.2, 0.25) is 0 Å². The third kappa shape index (κ3) is 5.88. The summed E-state index contributed by atoms with van der Waals surface area (Å²) in [4.78, 5) is 3.85. The van der Waals surface area contributed by atoms with Gasteiger partial charge in [0.25, 0.3) is 0 Å². The van der Waals surface area contributed by atoms with Crippen LogP contribution in [0.15, 0.2) is 4.99 Å². The van der Waals surface area contributed by atoms with E-state index in [1.807, 2.05) is 0 Å². The second kappa shape index (κ2) is 8.84. The molecule has 0 atom stereocenters. The summed E-state index contributed by atoms with van der Waals surface area (Å²) in [6, 6.07) is 0.885. The number of nitrogens with zero attached hydrogens (tertiary/aromatic N) is 1. The molecule has 90 valence electrons. The lowest BCUT2D eigenvalue weighted by Crippen LogP contribution is -2.42. The summed E-state index contributed by atoms with van der Waals surface area (Å²) >= 11 is 0. The lowest BCUT2D eigenvalue weighted by molar-refractivity contribution is 0.123. The van der Waals surface area contributed by atoms with Crippen molar-refractivity contribution in [2.45, 2.75) is 19.4 Å². The summed E-state index contributed by atoms with van der Waals surface area (Å²) in [6.07, 6.45) is 2.77. The first-order valence-corrected chi connectivity index (χ1v) is 7.05.